The summed E-state index contributed by atoms with van der Waals surface area (Å²) in [7, 11) is 0. The smallest absolute Gasteiger partial charge is 0.313 e. The van der Waals surface area contributed by atoms with Gasteiger partial charge in [0.15, 0.2) is 11.0 Å². The number of hydrogen-bond acceptors (Lipinski definition) is 5. The van der Waals surface area contributed by atoms with E-state index in [4.69, 9.17) is 21.4 Å². The molecule has 0 aliphatic heterocycles. The van der Waals surface area contributed by atoms with Crippen molar-refractivity contribution in [2.75, 3.05) is 12.4 Å². The number of benzene rings is 1. The standard InChI is InChI=1S/C14H16ClN3O3S/c1-3-21-9(2)13-16-17-14(22-8-12(19)20)18(13)11-6-4-10(15)5-7-11/h4-7,9H,3,8H2,1-2H3,(H,19,20)/t9-/m0/s1. The molecule has 118 valence electrons. The van der Waals surface area contributed by atoms with Gasteiger partial charge in [0.25, 0.3) is 0 Å². The topological polar surface area (TPSA) is 77.2 Å². The van der Waals surface area contributed by atoms with E-state index in [1.807, 2.05) is 26.0 Å². The van der Waals surface area contributed by atoms with Crippen LogP contribution >= 0.6 is 23.4 Å². The maximum absolute atomic E-state index is 10.8. The highest BCUT2D eigenvalue weighted by Crippen LogP contribution is 2.27. The SMILES string of the molecule is CCO[C@@H](C)c1nnc(SCC(=O)O)n1-c1ccc(Cl)cc1. The summed E-state index contributed by atoms with van der Waals surface area (Å²) in [4.78, 5) is 10.8. The molecule has 0 bridgehead atoms. The van der Waals surface area contributed by atoms with E-state index < -0.39 is 5.97 Å². The lowest BCUT2D eigenvalue weighted by molar-refractivity contribution is -0.133. The average Bonchev–Trinajstić information content (AvgIpc) is 2.90. The lowest BCUT2D eigenvalue weighted by Gasteiger charge is -2.14. The number of ether oxygens (including phenoxy) is 1. The van der Waals surface area contributed by atoms with Crippen molar-refractivity contribution in [3.05, 3.63) is 35.1 Å². The molecule has 1 N–H and O–H groups in total. The Balaban J connectivity index is 2.42. The molecule has 0 saturated heterocycles. The van der Waals surface area contributed by atoms with Crippen molar-refractivity contribution in [3.8, 4) is 5.69 Å². The maximum Gasteiger partial charge on any atom is 0.313 e. The average molecular weight is 342 g/mol. The van der Waals surface area contributed by atoms with Crippen LogP contribution < -0.4 is 0 Å². The van der Waals surface area contributed by atoms with Gasteiger partial charge in [-0.25, -0.2) is 0 Å². The minimum Gasteiger partial charge on any atom is -0.481 e. The van der Waals surface area contributed by atoms with Crippen LogP contribution in [0.25, 0.3) is 5.69 Å². The first kappa shape index (κ1) is 16.8. The highest BCUT2D eigenvalue weighted by molar-refractivity contribution is 7.99. The second-order valence-electron chi connectivity index (χ2n) is 4.43. The Morgan fingerprint density at radius 3 is 2.68 bits per heavy atom. The number of nitrogens with zero attached hydrogens (tertiary/aromatic N) is 3. The summed E-state index contributed by atoms with van der Waals surface area (Å²) in [6, 6.07) is 7.19. The first-order valence-electron chi connectivity index (χ1n) is 6.70. The summed E-state index contributed by atoms with van der Waals surface area (Å²) in [5.41, 5.74) is 0.809. The van der Waals surface area contributed by atoms with Crippen LogP contribution in [0.5, 0.6) is 0 Å². The number of hydrogen-bond donors (Lipinski definition) is 1. The molecule has 0 aliphatic carbocycles. The fourth-order valence-corrected chi connectivity index (χ4v) is 2.73. The van der Waals surface area contributed by atoms with Crippen molar-refractivity contribution in [1.29, 1.82) is 0 Å². The third-order valence-electron chi connectivity index (χ3n) is 2.85. The number of carboxylic acid groups (broad SMARTS) is 1. The quantitative estimate of drug-likeness (QED) is 0.779. The molecule has 2 rings (SSSR count). The van der Waals surface area contributed by atoms with Gasteiger partial charge in [-0.2, -0.15) is 0 Å². The van der Waals surface area contributed by atoms with E-state index in [9.17, 15) is 4.79 Å². The van der Waals surface area contributed by atoms with E-state index in [1.54, 1.807) is 16.7 Å². The molecule has 0 spiro atoms. The number of halogens is 1. The van der Waals surface area contributed by atoms with Gasteiger partial charge in [0.2, 0.25) is 0 Å². The zero-order chi connectivity index (χ0) is 16.1. The molecule has 0 unspecified atom stereocenters. The van der Waals surface area contributed by atoms with Gasteiger partial charge in [0, 0.05) is 17.3 Å². The van der Waals surface area contributed by atoms with E-state index in [0.29, 0.717) is 22.6 Å². The van der Waals surface area contributed by atoms with Crippen molar-refractivity contribution < 1.29 is 14.6 Å². The van der Waals surface area contributed by atoms with Gasteiger partial charge < -0.3 is 9.84 Å². The van der Waals surface area contributed by atoms with Crippen molar-refractivity contribution in [2.45, 2.75) is 25.1 Å². The molecular weight excluding hydrogens is 326 g/mol. The summed E-state index contributed by atoms with van der Waals surface area (Å²) >= 11 is 7.03. The molecule has 1 aromatic carbocycles. The minimum absolute atomic E-state index is 0.0886. The third-order valence-corrected chi connectivity index (χ3v) is 4.01. The minimum atomic E-state index is -0.907. The van der Waals surface area contributed by atoms with Gasteiger partial charge in [-0.15, -0.1) is 10.2 Å². The molecule has 1 aromatic heterocycles. The van der Waals surface area contributed by atoms with Gasteiger partial charge in [0.1, 0.15) is 6.10 Å². The van der Waals surface area contributed by atoms with Crippen LogP contribution in [0, 0.1) is 0 Å². The van der Waals surface area contributed by atoms with Crippen LogP contribution in [-0.2, 0) is 9.53 Å². The van der Waals surface area contributed by atoms with Crippen molar-refractivity contribution in [1.82, 2.24) is 14.8 Å². The van der Waals surface area contributed by atoms with Gasteiger partial charge >= 0.3 is 5.97 Å². The zero-order valence-corrected chi connectivity index (χ0v) is 13.8. The Labute approximate surface area is 137 Å². The predicted octanol–water partition coefficient (Wildman–Crippen LogP) is 3.19. The van der Waals surface area contributed by atoms with E-state index in [-0.39, 0.29) is 11.9 Å². The summed E-state index contributed by atoms with van der Waals surface area (Å²) in [5.74, 6) is -0.374. The van der Waals surface area contributed by atoms with E-state index in [0.717, 1.165) is 17.4 Å². The molecule has 0 saturated carbocycles. The van der Waals surface area contributed by atoms with Crippen LogP contribution in [0.1, 0.15) is 25.8 Å². The van der Waals surface area contributed by atoms with Crippen LogP contribution in [0.2, 0.25) is 5.02 Å². The number of thioether (sulfide) groups is 1. The predicted molar refractivity (Wildman–Crippen MR) is 84.8 cm³/mol. The molecule has 1 heterocycles. The van der Waals surface area contributed by atoms with Crippen molar-refractivity contribution >= 4 is 29.3 Å². The summed E-state index contributed by atoms with van der Waals surface area (Å²) in [6.07, 6.45) is -0.257. The maximum atomic E-state index is 10.8. The number of aromatic nitrogens is 3. The number of aliphatic carboxylic acids is 1. The summed E-state index contributed by atoms with van der Waals surface area (Å²) < 4.78 is 7.37. The fourth-order valence-electron chi connectivity index (χ4n) is 1.92. The van der Waals surface area contributed by atoms with Gasteiger partial charge in [-0.3, -0.25) is 9.36 Å². The van der Waals surface area contributed by atoms with E-state index in [2.05, 4.69) is 10.2 Å². The van der Waals surface area contributed by atoms with Crippen molar-refractivity contribution in [2.24, 2.45) is 0 Å². The largest absolute Gasteiger partial charge is 0.481 e. The normalized spacial score (nSPS) is 12.3. The molecule has 6 nitrogen and oxygen atoms in total. The van der Waals surface area contributed by atoms with E-state index >= 15 is 0 Å². The summed E-state index contributed by atoms with van der Waals surface area (Å²) in [5, 5.41) is 18.2. The first-order chi connectivity index (χ1) is 10.5. The molecule has 22 heavy (non-hydrogen) atoms. The lowest BCUT2D eigenvalue weighted by atomic mass is 10.3. The van der Waals surface area contributed by atoms with Crippen LogP contribution in [-0.4, -0.2) is 38.2 Å². The molecule has 2 aromatic rings. The second-order valence-corrected chi connectivity index (χ2v) is 5.81. The highest BCUT2D eigenvalue weighted by atomic mass is 35.5. The number of rotatable bonds is 7. The number of carbonyl (C=O) groups is 1. The van der Waals surface area contributed by atoms with Gasteiger partial charge in [0.05, 0.1) is 5.75 Å². The second kappa shape index (κ2) is 7.62. The molecule has 0 aliphatic rings. The molecule has 0 amide bonds. The van der Waals surface area contributed by atoms with E-state index in [1.165, 1.54) is 0 Å². The Morgan fingerprint density at radius 1 is 1.41 bits per heavy atom. The Kier molecular flexibility index (Phi) is 5.82. The highest BCUT2D eigenvalue weighted by Gasteiger charge is 2.20. The molecule has 0 fully saturated rings. The van der Waals surface area contributed by atoms with Gasteiger partial charge in [-0.05, 0) is 38.1 Å². The van der Waals surface area contributed by atoms with Crippen LogP contribution in [0.15, 0.2) is 29.4 Å². The van der Waals surface area contributed by atoms with Crippen molar-refractivity contribution in [3.63, 3.8) is 0 Å². The Morgan fingerprint density at radius 2 is 2.09 bits per heavy atom. The van der Waals surface area contributed by atoms with Crippen LogP contribution in [0.4, 0.5) is 0 Å². The monoisotopic (exact) mass is 341 g/mol. The Bertz CT molecular complexity index is 645. The third kappa shape index (κ3) is 4.00. The number of carboxylic acids is 1. The molecule has 8 heteroatoms. The van der Waals surface area contributed by atoms with Gasteiger partial charge in [-0.1, -0.05) is 23.4 Å². The molecular formula is C14H16ClN3O3S. The zero-order valence-electron chi connectivity index (χ0n) is 12.2. The fraction of sp³-hybridized carbons (Fsp3) is 0.357. The van der Waals surface area contributed by atoms with Crippen LogP contribution in [0.3, 0.4) is 0 Å². The summed E-state index contributed by atoms with van der Waals surface area (Å²) in [6.45, 7) is 4.33. The lowest BCUT2D eigenvalue weighted by Crippen LogP contribution is -2.09. The molecule has 0 radical (unpaired) electrons. The molecule has 1 atom stereocenters. The Hall–Kier alpha value is -1.57. The first-order valence-corrected chi connectivity index (χ1v) is 8.06.